The highest BCUT2D eigenvalue weighted by molar-refractivity contribution is 5.55. The van der Waals surface area contributed by atoms with E-state index >= 15 is 0 Å². The lowest BCUT2D eigenvalue weighted by molar-refractivity contribution is -0.0138. The van der Waals surface area contributed by atoms with Crippen LogP contribution in [-0.4, -0.2) is 18.8 Å². The molecule has 2 heterocycles. The molecule has 0 spiro atoms. The summed E-state index contributed by atoms with van der Waals surface area (Å²) in [5.74, 6) is 1.91. The van der Waals surface area contributed by atoms with Gasteiger partial charge in [-0.05, 0) is 39.0 Å². The third kappa shape index (κ3) is 2.33. The van der Waals surface area contributed by atoms with Crippen molar-refractivity contribution >= 4 is 5.69 Å². The van der Waals surface area contributed by atoms with Gasteiger partial charge in [0.25, 0.3) is 0 Å². The van der Waals surface area contributed by atoms with E-state index in [1.807, 2.05) is 42.3 Å². The van der Waals surface area contributed by atoms with E-state index in [2.05, 4.69) is 32.0 Å². The van der Waals surface area contributed by atoms with Crippen molar-refractivity contribution in [3.05, 3.63) is 54.1 Å². The summed E-state index contributed by atoms with van der Waals surface area (Å²) < 4.78 is 11.9. The average molecular weight is 325 g/mol. The third-order valence-electron chi connectivity index (χ3n) is 4.91. The summed E-state index contributed by atoms with van der Waals surface area (Å²) in [6.07, 6.45) is 0. The maximum atomic E-state index is 6.35. The fourth-order valence-electron chi connectivity index (χ4n) is 3.71. The van der Waals surface area contributed by atoms with Crippen molar-refractivity contribution in [2.45, 2.75) is 32.4 Å². The first-order valence-electron chi connectivity index (χ1n) is 8.53. The molecule has 0 bridgehead atoms. The zero-order valence-corrected chi connectivity index (χ0v) is 14.4. The monoisotopic (exact) mass is 325 g/mol. The Labute approximate surface area is 142 Å². The number of benzene rings is 2. The normalized spacial score (nSPS) is 24.0. The molecular weight excluding hydrogens is 302 g/mol. The number of nitrogens with zero attached hydrogens (tertiary/aromatic N) is 1. The first kappa shape index (κ1) is 15.3. The van der Waals surface area contributed by atoms with Gasteiger partial charge in [0.1, 0.15) is 0 Å². The number of hydrogen-bond acceptors (Lipinski definition) is 4. The van der Waals surface area contributed by atoms with Crippen LogP contribution in [0.1, 0.15) is 32.4 Å². The Kier molecular flexibility index (Phi) is 3.65. The van der Waals surface area contributed by atoms with Gasteiger partial charge in [-0.1, -0.05) is 30.3 Å². The molecule has 0 N–H and O–H groups in total. The van der Waals surface area contributed by atoms with Crippen molar-refractivity contribution < 1.29 is 14.3 Å². The van der Waals surface area contributed by atoms with E-state index < -0.39 is 0 Å². The lowest BCUT2D eigenvalue weighted by Gasteiger charge is -2.34. The Balaban J connectivity index is 1.82. The zero-order chi connectivity index (χ0) is 16.7. The Hall–Kier alpha value is -2.20. The molecule has 126 valence electrons. The van der Waals surface area contributed by atoms with Gasteiger partial charge in [0, 0.05) is 5.56 Å². The average Bonchev–Trinajstić information content (AvgIpc) is 2.88. The minimum absolute atomic E-state index is 0.117. The fraction of sp³-hybridized carbons (Fsp3) is 0.400. The molecule has 2 aromatic rings. The second-order valence-electron chi connectivity index (χ2n) is 6.83. The van der Waals surface area contributed by atoms with E-state index in [4.69, 9.17) is 14.3 Å². The van der Waals surface area contributed by atoms with Crippen molar-refractivity contribution in [2.24, 2.45) is 5.92 Å². The molecule has 0 unspecified atom stereocenters. The quantitative estimate of drug-likeness (QED) is 0.839. The summed E-state index contributed by atoms with van der Waals surface area (Å²) in [6.45, 7) is 7.50. The second-order valence-corrected chi connectivity index (χ2v) is 6.83. The van der Waals surface area contributed by atoms with Gasteiger partial charge in [-0.3, -0.25) is 4.84 Å². The third-order valence-corrected chi connectivity index (χ3v) is 4.91. The van der Waals surface area contributed by atoms with Gasteiger partial charge in [-0.2, -0.15) is 0 Å². The van der Waals surface area contributed by atoms with Crippen molar-refractivity contribution in [3.63, 3.8) is 0 Å². The molecule has 4 nitrogen and oxygen atoms in total. The number of hydrogen-bond donors (Lipinski definition) is 0. The summed E-state index contributed by atoms with van der Waals surface area (Å²) in [7, 11) is 0. The zero-order valence-electron chi connectivity index (χ0n) is 14.4. The summed E-state index contributed by atoms with van der Waals surface area (Å²) in [4.78, 5) is 6.35. The van der Waals surface area contributed by atoms with Crippen LogP contribution in [0.2, 0.25) is 0 Å². The molecule has 0 aliphatic carbocycles. The Morgan fingerprint density at radius 1 is 1.12 bits per heavy atom. The van der Waals surface area contributed by atoms with E-state index in [-0.39, 0.29) is 17.6 Å². The molecule has 2 aliphatic rings. The molecule has 0 aromatic heterocycles. The standard InChI is InChI=1S/C20H23NO3/c1-4-22-17-12-8-11-15-18-16(13-23-19(15)17)20(2,3)24-21(18)14-9-6-5-7-10-14/h5-12,16,18H,4,13H2,1-3H3/t16-,18+/m1/s1. The topological polar surface area (TPSA) is 30.9 Å². The molecule has 24 heavy (non-hydrogen) atoms. The fourth-order valence-corrected chi connectivity index (χ4v) is 3.71. The molecule has 0 radical (unpaired) electrons. The first-order chi connectivity index (χ1) is 11.6. The number of para-hydroxylation sites is 2. The van der Waals surface area contributed by atoms with E-state index in [0.29, 0.717) is 13.2 Å². The van der Waals surface area contributed by atoms with Crippen LogP contribution in [-0.2, 0) is 4.84 Å². The Bertz CT molecular complexity index is 729. The number of hydroxylamine groups is 1. The highest BCUT2D eigenvalue weighted by Gasteiger charge is 2.53. The summed E-state index contributed by atoms with van der Waals surface area (Å²) in [5, 5.41) is 2.04. The maximum absolute atomic E-state index is 6.35. The Morgan fingerprint density at radius 2 is 1.92 bits per heavy atom. The van der Waals surface area contributed by atoms with Crippen LogP contribution in [0.4, 0.5) is 5.69 Å². The van der Waals surface area contributed by atoms with Crippen LogP contribution in [0.5, 0.6) is 11.5 Å². The van der Waals surface area contributed by atoms with E-state index in [0.717, 1.165) is 22.7 Å². The van der Waals surface area contributed by atoms with Crippen molar-refractivity contribution in [1.29, 1.82) is 0 Å². The number of ether oxygens (including phenoxy) is 2. The predicted octanol–water partition coefficient (Wildman–Crippen LogP) is 4.37. The smallest absolute Gasteiger partial charge is 0.166 e. The molecule has 0 amide bonds. The Morgan fingerprint density at radius 3 is 2.67 bits per heavy atom. The van der Waals surface area contributed by atoms with Gasteiger partial charge in [0.15, 0.2) is 11.5 Å². The lowest BCUT2D eigenvalue weighted by Crippen LogP contribution is -2.36. The molecule has 2 atom stereocenters. The molecule has 1 fully saturated rings. The highest BCUT2D eigenvalue weighted by Crippen LogP contribution is 2.53. The van der Waals surface area contributed by atoms with Crippen molar-refractivity contribution in [2.75, 3.05) is 18.3 Å². The summed E-state index contributed by atoms with van der Waals surface area (Å²) in [5.41, 5.74) is 1.90. The van der Waals surface area contributed by atoms with Crippen molar-refractivity contribution in [3.8, 4) is 11.5 Å². The van der Waals surface area contributed by atoms with E-state index in [1.165, 1.54) is 0 Å². The summed E-state index contributed by atoms with van der Waals surface area (Å²) >= 11 is 0. The number of anilines is 1. The van der Waals surface area contributed by atoms with Gasteiger partial charge in [0.05, 0.1) is 36.5 Å². The largest absolute Gasteiger partial charge is 0.490 e. The molecule has 4 heteroatoms. The minimum atomic E-state index is -0.292. The van der Waals surface area contributed by atoms with Gasteiger partial charge < -0.3 is 9.47 Å². The molecule has 2 aliphatic heterocycles. The first-order valence-corrected chi connectivity index (χ1v) is 8.53. The van der Waals surface area contributed by atoms with Crippen LogP contribution < -0.4 is 14.5 Å². The predicted molar refractivity (Wildman–Crippen MR) is 93.4 cm³/mol. The van der Waals surface area contributed by atoms with Crippen LogP contribution in [0.15, 0.2) is 48.5 Å². The minimum Gasteiger partial charge on any atom is -0.490 e. The SMILES string of the molecule is CCOc1cccc2c1OC[C@@H]1[C@H]2N(c2ccccc2)OC1(C)C. The molecule has 1 saturated heterocycles. The highest BCUT2D eigenvalue weighted by atomic mass is 16.7. The molecule has 2 aromatic carbocycles. The molecule has 4 rings (SSSR count). The number of rotatable bonds is 3. The second kappa shape index (κ2) is 5.71. The van der Waals surface area contributed by atoms with Gasteiger partial charge >= 0.3 is 0 Å². The summed E-state index contributed by atoms with van der Waals surface area (Å²) in [6, 6.07) is 16.5. The van der Waals surface area contributed by atoms with Gasteiger partial charge in [-0.15, -0.1) is 0 Å². The van der Waals surface area contributed by atoms with Crippen LogP contribution in [0.3, 0.4) is 0 Å². The van der Waals surface area contributed by atoms with Gasteiger partial charge in [-0.25, -0.2) is 5.06 Å². The van der Waals surface area contributed by atoms with Crippen LogP contribution in [0, 0.1) is 5.92 Å². The van der Waals surface area contributed by atoms with Crippen LogP contribution in [0.25, 0.3) is 0 Å². The number of fused-ring (bicyclic) bond motifs is 3. The maximum Gasteiger partial charge on any atom is 0.166 e. The van der Waals surface area contributed by atoms with Gasteiger partial charge in [0.2, 0.25) is 0 Å². The molecule has 0 saturated carbocycles. The lowest BCUT2D eigenvalue weighted by atomic mass is 9.81. The van der Waals surface area contributed by atoms with Crippen molar-refractivity contribution in [1.82, 2.24) is 0 Å². The molecular formula is C20H23NO3. The van der Waals surface area contributed by atoms with E-state index in [9.17, 15) is 0 Å². The van der Waals surface area contributed by atoms with Crippen LogP contribution >= 0.6 is 0 Å². The van der Waals surface area contributed by atoms with E-state index in [1.54, 1.807) is 0 Å².